The Morgan fingerprint density at radius 2 is 2.06 bits per heavy atom. The van der Waals surface area contributed by atoms with Gasteiger partial charge in [-0.2, -0.15) is 0 Å². The molecule has 0 heterocycles. The third-order valence-electron chi connectivity index (χ3n) is 3.68. The minimum Gasteiger partial charge on any atom is -0.330 e. The topological polar surface area (TPSA) is 69.2 Å². The molecule has 0 amide bonds. The summed E-state index contributed by atoms with van der Waals surface area (Å²) in [6.45, 7) is 0.338. The highest BCUT2D eigenvalue weighted by molar-refractivity contribution is 5.40. The molecule has 0 spiro atoms. The molecule has 92 valence electrons. The second-order valence-corrected chi connectivity index (χ2v) is 4.61. The van der Waals surface area contributed by atoms with Gasteiger partial charge >= 0.3 is 0 Å². The molecule has 2 rings (SSSR count). The van der Waals surface area contributed by atoms with Crippen molar-refractivity contribution in [3.63, 3.8) is 0 Å². The van der Waals surface area contributed by atoms with E-state index in [1.54, 1.807) is 0 Å². The lowest BCUT2D eigenvalue weighted by Gasteiger charge is -2.27. The lowest BCUT2D eigenvalue weighted by atomic mass is 9.78. The molecular weight excluding hydrogens is 223 g/mol. The zero-order valence-corrected chi connectivity index (χ0v) is 9.49. The van der Waals surface area contributed by atoms with Crippen molar-refractivity contribution in [3.8, 4) is 0 Å². The first-order valence-electron chi connectivity index (χ1n) is 5.73. The van der Waals surface area contributed by atoms with E-state index in [9.17, 15) is 14.5 Å². The van der Waals surface area contributed by atoms with Crippen LogP contribution in [0.2, 0.25) is 0 Å². The third kappa shape index (κ3) is 2.02. The Bertz CT molecular complexity index is 442. The molecule has 0 radical (unpaired) electrons. The summed E-state index contributed by atoms with van der Waals surface area (Å²) in [4.78, 5) is 10.2. The van der Waals surface area contributed by atoms with Crippen molar-refractivity contribution in [3.05, 3.63) is 39.7 Å². The second-order valence-electron chi connectivity index (χ2n) is 4.61. The highest BCUT2D eigenvalue weighted by Gasteiger charge is 2.37. The molecule has 1 aromatic carbocycles. The van der Waals surface area contributed by atoms with Crippen LogP contribution in [0.5, 0.6) is 0 Å². The van der Waals surface area contributed by atoms with E-state index in [1.807, 2.05) is 0 Å². The van der Waals surface area contributed by atoms with Crippen LogP contribution in [0.15, 0.2) is 18.2 Å². The minimum atomic E-state index is -0.498. The molecule has 0 bridgehead atoms. The predicted octanol–water partition coefficient (Wildman–Crippen LogP) is 2.50. The van der Waals surface area contributed by atoms with Crippen LogP contribution >= 0.6 is 0 Å². The fourth-order valence-corrected chi connectivity index (χ4v) is 2.67. The van der Waals surface area contributed by atoms with E-state index in [0.717, 1.165) is 25.7 Å². The molecule has 1 aliphatic carbocycles. The number of rotatable bonds is 3. The van der Waals surface area contributed by atoms with E-state index in [4.69, 9.17) is 5.73 Å². The molecule has 0 aliphatic heterocycles. The Morgan fingerprint density at radius 3 is 2.59 bits per heavy atom. The first-order chi connectivity index (χ1) is 8.09. The molecule has 17 heavy (non-hydrogen) atoms. The largest absolute Gasteiger partial charge is 0.330 e. The van der Waals surface area contributed by atoms with Gasteiger partial charge in [0.05, 0.1) is 4.92 Å². The molecule has 1 fully saturated rings. The Kier molecular flexibility index (Phi) is 3.11. The van der Waals surface area contributed by atoms with E-state index >= 15 is 0 Å². The number of nitro benzene ring substituents is 1. The number of benzene rings is 1. The van der Waals surface area contributed by atoms with Gasteiger partial charge in [-0.15, -0.1) is 0 Å². The number of nitro groups is 1. The van der Waals surface area contributed by atoms with Gasteiger partial charge in [0.15, 0.2) is 0 Å². The van der Waals surface area contributed by atoms with Gasteiger partial charge in [0.25, 0.3) is 5.69 Å². The van der Waals surface area contributed by atoms with Crippen molar-refractivity contribution in [1.29, 1.82) is 0 Å². The molecule has 0 aromatic heterocycles. The predicted molar refractivity (Wildman–Crippen MR) is 62.3 cm³/mol. The second kappa shape index (κ2) is 4.41. The average Bonchev–Trinajstić information content (AvgIpc) is 2.79. The van der Waals surface area contributed by atoms with Crippen LogP contribution in [0.3, 0.4) is 0 Å². The highest BCUT2D eigenvalue weighted by atomic mass is 19.1. The van der Waals surface area contributed by atoms with Gasteiger partial charge in [-0.1, -0.05) is 12.8 Å². The van der Waals surface area contributed by atoms with Gasteiger partial charge < -0.3 is 5.73 Å². The molecule has 0 unspecified atom stereocenters. The lowest BCUT2D eigenvalue weighted by Crippen LogP contribution is -2.33. The van der Waals surface area contributed by atoms with E-state index < -0.39 is 10.3 Å². The number of nitrogens with zero attached hydrogens (tertiary/aromatic N) is 1. The fraction of sp³-hybridized carbons (Fsp3) is 0.500. The summed E-state index contributed by atoms with van der Waals surface area (Å²) < 4.78 is 13.8. The summed E-state index contributed by atoms with van der Waals surface area (Å²) in [5.74, 6) is -0.386. The van der Waals surface area contributed by atoms with Crippen LogP contribution in [-0.2, 0) is 5.41 Å². The Hall–Kier alpha value is -1.49. The SMILES string of the molecule is NCC1(c2cc([N+](=O)[O-])ccc2F)CCCC1. The van der Waals surface area contributed by atoms with Crippen LogP contribution in [0, 0.1) is 15.9 Å². The molecular formula is C12H15FN2O2. The standard InChI is InChI=1S/C12H15FN2O2/c13-11-4-3-9(15(16)17)7-10(11)12(8-14)5-1-2-6-12/h3-4,7H,1-2,5-6,8,14H2. The number of hydrogen-bond donors (Lipinski definition) is 1. The molecule has 1 aromatic rings. The highest BCUT2D eigenvalue weighted by Crippen LogP contribution is 2.42. The molecule has 4 nitrogen and oxygen atoms in total. The molecule has 1 saturated carbocycles. The Morgan fingerprint density at radius 1 is 1.41 bits per heavy atom. The van der Waals surface area contributed by atoms with Crippen LogP contribution in [0.1, 0.15) is 31.2 Å². The van der Waals surface area contributed by atoms with Crippen molar-refractivity contribution in [2.45, 2.75) is 31.1 Å². The summed E-state index contributed by atoms with van der Waals surface area (Å²) >= 11 is 0. The van der Waals surface area contributed by atoms with Crippen LogP contribution in [0.25, 0.3) is 0 Å². The normalized spacial score (nSPS) is 18.2. The average molecular weight is 238 g/mol. The van der Waals surface area contributed by atoms with Gasteiger partial charge in [0, 0.05) is 29.7 Å². The number of nitrogens with two attached hydrogens (primary N) is 1. The van der Waals surface area contributed by atoms with Crippen molar-refractivity contribution in [1.82, 2.24) is 0 Å². The monoisotopic (exact) mass is 238 g/mol. The van der Waals surface area contributed by atoms with Crippen molar-refractivity contribution < 1.29 is 9.31 Å². The van der Waals surface area contributed by atoms with E-state index in [-0.39, 0.29) is 11.5 Å². The summed E-state index contributed by atoms with van der Waals surface area (Å²) in [6.07, 6.45) is 3.61. The molecule has 2 N–H and O–H groups in total. The van der Waals surface area contributed by atoms with Crippen LogP contribution in [0.4, 0.5) is 10.1 Å². The summed E-state index contributed by atoms with van der Waals surface area (Å²) in [6, 6.07) is 3.70. The number of halogens is 1. The Labute approximate surface area is 98.8 Å². The summed E-state index contributed by atoms with van der Waals surface area (Å²) in [5, 5.41) is 10.7. The zero-order chi connectivity index (χ0) is 12.5. The van der Waals surface area contributed by atoms with E-state index in [1.165, 1.54) is 18.2 Å². The maximum atomic E-state index is 13.8. The van der Waals surface area contributed by atoms with Gasteiger partial charge in [0.1, 0.15) is 5.82 Å². The smallest absolute Gasteiger partial charge is 0.269 e. The number of hydrogen-bond acceptors (Lipinski definition) is 3. The maximum absolute atomic E-state index is 13.8. The number of non-ortho nitro benzene ring substituents is 1. The first kappa shape index (κ1) is 12.0. The maximum Gasteiger partial charge on any atom is 0.269 e. The van der Waals surface area contributed by atoms with Gasteiger partial charge in [-0.3, -0.25) is 10.1 Å². The van der Waals surface area contributed by atoms with Crippen molar-refractivity contribution >= 4 is 5.69 Å². The van der Waals surface area contributed by atoms with Gasteiger partial charge in [-0.25, -0.2) is 4.39 Å². The van der Waals surface area contributed by atoms with Gasteiger partial charge in [-0.05, 0) is 18.9 Å². The molecule has 1 aliphatic rings. The van der Waals surface area contributed by atoms with Crippen LogP contribution in [-0.4, -0.2) is 11.5 Å². The van der Waals surface area contributed by atoms with E-state index in [2.05, 4.69) is 0 Å². The molecule has 0 saturated heterocycles. The first-order valence-corrected chi connectivity index (χ1v) is 5.73. The van der Waals surface area contributed by atoms with Crippen molar-refractivity contribution in [2.24, 2.45) is 5.73 Å². The van der Waals surface area contributed by atoms with Gasteiger partial charge in [0.2, 0.25) is 0 Å². The third-order valence-corrected chi connectivity index (χ3v) is 3.68. The van der Waals surface area contributed by atoms with Crippen molar-refractivity contribution in [2.75, 3.05) is 6.54 Å². The quantitative estimate of drug-likeness (QED) is 0.649. The Balaban J connectivity index is 2.49. The summed E-state index contributed by atoms with van der Waals surface area (Å²) in [7, 11) is 0. The molecule has 5 heteroatoms. The zero-order valence-electron chi connectivity index (χ0n) is 9.49. The van der Waals surface area contributed by atoms with Crippen LogP contribution < -0.4 is 5.73 Å². The van der Waals surface area contributed by atoms with E-state index in [0.29, 0.717) is 12.1 Å². The minimum absolute atomic E-state index is 0.0684. The fourth-order valence-electron chi connectivity index (χ4n) is 2.67. The molecule has 0 atom stereocenters. The lowest BCUT2D eigenvalue weighted by molar-refractivity contribution is -0.385. The summed E-state index contributed by atoms with van der Waals surface area (Å²) in [5.41, 5.74) is 5.69.